The summed E-state index contributed by atoms with van der Waals surface area (Å²) >= 11 is 5.84. The van der Waals surface area contributed by atoms with Crippen molar-refractivity contribution in [3.63, 3.8) is 0 Å². The van der Waals surface area contributed by atoms with Gasteiger partial charge < -0.3 is 5.32 Å². The van der Waals surface area contributed by atoms with Crippen LogP contribution in [0.4, 0.5) is 0 Å². The lowest BCUT2D eigenvalue weighted by Gasteiger charge is -2.12. The Labute approximate surface area is 123 Å². The second kappa shape index (κ2) is 6.87. The van der Waals surface area contributed by atoms with Gasteiger partial charge >= 0.3 is 0 Å². The Balaban J connectivity index is 1.94. The Kier molecular flexibility index (Phi) is 4.91. The fourth-order valence-electron chi connectivity index (χ4n) is 1.74. The van der Waals surface area contributed by atoms with Crippen molar-refractivity contribution in [1.82, 2.24) is 10.3 Å². The third-order valence-corrected chi connectivity index (χ3v) is 3.09. The fraction of sp³-hybridized carbons (Fsp3) is 0.125. The molecule has 20 heavy (non-hydrogen) atoms. The number of nitrogens with one attached hydrogen (secondary N) is 1. The van der Waals surface area contributed by atoms with Crippen LogP contribution in [0.5, 0.6) is 0 Å². The summed E-state index contributed by atoms with van der Waals surface area (Å²) in [6.07, 6.45) is 6.63. The molecule has 3 nitrogen and oxygen atoms in total. The fourth-order valence-corrected chi connectivity index (χ4v) is 1.87. The standard InChI is InChI=1S/C16H15ClN2O/c1-12(14-5-7-15(17)8-6-14)19-16(20)9-4-13-3-2-10-18-11-13/h2-12H,1H3,(H,19,20)/b9-4+. The lowest BCUT2D eigenvalue weighted by atomic mass is 10.1. The highest BCUT2D eigenvalue weighted by molar-refractivity contribution is 6.30. The van der Waals surface area contributed by atoms with E-state index >= 15 is 0 Å². The first-order valence-electron chi connectivity index (χ1n) is 6.29. The lowest BCUT2D eigenvalue weighted by Crippen LogP contribution is -2.24. The van der Waals surface area contributed by atoms with Crippen molar-refractivity contribution in [3.05, 3.63) is 71.0 Å². The molecule has 1 aromatic carbocycles. The van der Waals surface area contributed by atoms with Gasteiger partial charge in [-0.2, -0.15) is 0 Å². The molecule has 0 saturated carbocycles. The van der Waals surface area contributed by atoms with Crippen molar-refractivity contribution in [2.45, 2.75) is 13.0 Å². The molecule has 0 bridgehead atoms. The van der Waals surface area contributed by atoms with Gasteiger partial charge in [0.2, 0.25) is 5.91 Å². The normalized spacial score (nSPS) is 12.3. The summed E-state index contributed by atoms with van der Waals surface area (Å²) in [5.74, 6) is -0.142. The first kappa shape index (κ1) is 14.3. The molecule has 0 aliphatic carbocycles. The van der Waals surface area contributed by atoms with Crippen molar-refractivity contribution in [2.75, 3.05) is 0 Å². The molecule has 0 aliphatic rings. The molecular weight excluding hydrogens is 272 g/mol. The predicted octanol–water partition coefficient (Wildman–Crippen LogP) is 3.63. The molecule has 0 fully saturated rings. The number of amides is 1. The SMILES string of the molecule is CC(NC(=O)/C=C/c1cccnc1)c1ccc(Cl)cc1. The average Bonchev–Trinajstić information content (AvgIpc) is 2.47. The molecule has 4 heteroatoms. The summed E-state index contributed by atoms with van der Waals surface area (Å²) in [7, 11) is 0. The molecule has 1 heterocycles. The molecule has 1 atom stereocenters. The van der Waals surface area contributed by atoms with Crippen LogP contribution in [0.2, 0.25) is 5.02 Å². The second-order valence-corrected chi connectivity index (χ2v) is 4.84. The van der Waals surface area contributed by atoms with Gasteiger partial charge in [0.05, 0.1) is 6.04 Å². The van der Waals surface area contributed by atoms with Crippen LogP contribution in [0.25, 0.3) is 6.08 Å². The zero-order valence-corrected chi connectivity index (χ0v) is 11.8. The molecule has 0 saturated heterocycles. The molecule has 102 valence electrons. The Bertz CT molecular complexity index is 594. The minimum atomic E-state index is -0.142. The van der Waals surface area contributed by atoms with Crippen LogP contribution in [-0.4, -0.2) is 10.9 Å². The maximum absolute atomic E-state index is 11.8. The van der Waals surface area contributed by atoms with Crippen molar-refractivity contribution in [1.29, 1.82) is 0 Å². The van der Waals surface area contributed by atoms with Gasteiger partial charge in [0.1, 0.15) is 0 Å². The van der Waals surface area contributed by atoms with E-state index in [4.69, 9.17) is 11.6 Å². The number of hydrogen-bond acceptors (Lipinski definition) is 2. The molecule has 1 unspecified atom stereocenters. The molecule has 1 amide bonds. The average molecular weight is 287 g/mol. The lowest BCUT2D eigenvalue weighted by molar-refractivity contribution is -0.117. The molecule has 2 aromatic rings. The number of carbonyl (C=O) groups is 1. The molecule has 0 spiro atoms. The minimum absolute atomic E-state index is 0.0710. The van der Waals surface area contributed by atoms with E-state index in [0.717, 1.165) is 11.1 Å². The van der Waals surface area contributed by atoms with Crippen LogP contribution in [-0.2, 0) is 4.79 Å². The highest BCUT2D eigenvalue weighted by Crippen LogP contribution is 2.15. The Hall–Kier alpha value is -2.13. The third-order valence-electron chi connectivity index (χ3n) is 2.84. The van der Waals surface area contributed by atoms with Crippen molar-refractivity contribution in [2.24, 2.45) is 0 Å². The molecule has 0 aliphatic heterocycles. The summed E-state index contributed by atoms with van der Waals surface area (Å²) in [6.45, 7) is 1.93. The number of halogens is 1. The number of benzene rings is 1. The maximum atomic E-state index is 11.8. The summed E-state index contributed by atoms with van der Waals surface area (Å²) in [5.41, 5.74) is 1.90. The molecule has 0 radical (unpaired) electrons. The van der Waals surface area contributed by atoms with Gasteiger partial charge in [0.15, 0.2) is 0 Å². The molecule has 1 N–H and O–H groups in total. The van der Waals surface area contributed by atoms with Gasteiger partial charge in [-0.05, 0) is 42.3 Å². The van der Waals surface area contributed by atoms with Crippen LogP contribution >= 0.6 is 11.6 Å². The van der Waals surface area contributed by atoms with Crippen LogP contribution in [0.15, 0.2) is 54.9 Å². The first-order valence-corrected chi connectivity index (χ1v) is 6.67. The smallest absolute Gasteiger partial charge is 0.244 e. The van der Waals surface area contributed by atoms with Crippen LogP contribution in [0.1, 0.15) is 24.1 Å². The van der Waals surface area contributed by atoms with Gasteiger partial charge in [-0.3, -0.25) is 9.78 Å². The van der Waals surface area contributed by atoms with E-state index in [1.807, 2.05) is 43.3 Å². The zero-order chi connectivity index (χ0) is 14.4. The summed E-state index contributed by atoms with van der Waals surface area (Å²) < 4.78 is 0. The predicted molar refractivity (Wildman–Crippen MR) is 81.3 cm³/mol. The largest absolute Gasteiger partial charge is 0.346 e. The second-order valence-electron chi connectivity index (χ2n) is 4.40. The Morgan fingerprint density at radius 3 is 2.70 bits per heavy atom. The quantitative estimate of drug-likeness (QED) is 0.872. The monoisotopic (exact) mass is 286 g/mol. The topological polar surface area (TPSA) is 42.0 Å². The van der Waals surface area contributed by atoms with E-state index in [1.165, 1.54) is 6.08 Å². The van der Waals surface area contributed by atoms with Gasteiger partial charge in [-0.15, -0.1) is 0 Å². The Morgan fingerprint density at radius 2 is 2.05 bits per heavy atom. The Morgan fingerprint density at radius 1 is 1.30 bits per heavy atom. The van der Waals surface area contributed by atoms with Crippen molar-refractivity contribution in [3.8, 4) is 0 Å². The molecular formula is C16H15ClN2O. The van der Waals surface area contributed by atoms with Crippen LogP contribution in [0, 0.1) is 0 Å². The van der Waals surface area contributed by atoms with E-state index in [9.17, 15) is 4.79 Å². The third kappa shape index (κ3) is 4.21. The van der Waals surface area contributed by atoms with Crippen molar-refractivity contribution < 1.29 is 4.79 Å². The van der Waals surface area contributed by atoms with E-state index < -0.39 is 0 Å². The van der Waals surface area contributed by atoms with E-state index in [1.54, 1.807) is 18.5 Å². The summed E-state index contributed by atoms with van der Waals surface area (Å²) in [6, 6.07) is 11.1. The summed E-state index contributed by atoms with van der Waals surface area (Å²) in [5, 5.41) is 3.58. The minimum Gasteiger partial charge on any atom is -0.346 e. The number of pyridine rings is 1. The van der Waals surface area contributed by atoms with E-state index in [0.29, 0.717) is 5.02 Å². The zero-order valence-electron chi connectivity index (χ0n) is 11.1. The van der Waals surface area contributed by atoms with Gasteiger partial charge in [0, 0.05) is 23.5 Å². The van der Waals surface area contributed by atoms with Crippen molar-refractivity contribution >= 4 is 23.6 Å². The number of aromatic nitrogens is 1. The van der Waals surface area contributed by atoms with E-state index in [-0.39, 0.29) is 11.9 Å². The number of hydrogen-bond donors (Lipinski definition) is 1. The van der Waals surface area contributed by atoms with Gasteiger partial charge in [-0.25, -0.2) is 0 Å². The number of rotatable bonds is 4. The van der Waals surface area contributed by atoms with Crippen LogP contribution in [0.3, 0.4) is 0 Å². The molecule has 2 rings (SSSR count). The van der Waals surface area contributed by atoms with Crippen LogP contribution < -0.4 is 5.32 Å². The first-order chi connectivity index (χ1) is 9.65. The highest BCUT2D eigenvalue weighted by Gasteiger charge is 2.06. The van der Waals surface area contributed by atoms with E-state index in [2.05, 4.69) is 10.3 Å². The number of nitrogens with zero attached hydrogens (tertiary/aromatic N) is 1. The maximum Gasteiger partial charge on any atom is 0.244 e. The highest BCUT2D eigenvalue weighted by atomic mass is 35.5. The van der Waals surface area contributed by atoms with Gasteiger partial charge in [-0.1, -0.05) is 29.8 Å². The molecule has 1 aromatic heterocycles. The number of carbonyl (C=O) groups excluding carboxylic acids is 1. The van der Waals surface area contributed by atoms with Gasteiger partial charge in [0.25, 0.3) is 0 Å². The summed E-state index contributed by atoms with van der Waals surface area (Å²) in [4.78, 5) is 15.8.